The van der Waals surface area contributed by atoms with Gasteiger partial charge in [-0.3, -0.25) is 4.79 Å². The third-order valence-corrected chi connectivity index (χ3v) is 4.61. The second kappa shape index (κ2) is 5.33. The normalized spacial score (nSPS) is 25.4. The molecule has 1 aliphatic heterocycles. The number of carbonyl (C=O) groups is 1. The van der Waals surface area contributed by atoms with E-state index < -0.39 is 0 Å². The van der Waals surface area contributed by atoms with E-state index in [-0.39, 0.29) is 11.3 Å². The Labute approximate surface area is 114 Å². The Hall–Kier alpha value is -1.35. The van der Waals surface area contributed by atoms with Crippen molar-refractivity contribution in [2.75, 3.05) is 13.1 Å². The van der Waals surface area contributed by atoms with E-state index in [9.17, 15) is 4.79 Å². The standard InChI is InChI=1S/C16H22N2O/c19-15(18-14-8-11-17-12-14)16(9-4-5-10-16)13-6-2-1-3-7-13/h1-3,6-7,14,17H,4-5,8-12H2,(H,18,19). The van der Waals surface area contributed by atoms with Crippen LogP contribution < -0.4 is 10.6 Å². The van der Waals surface area contributed by atoms with E-state index in [1.807, 2.05) is 18.2 Å². The zero-order chi connectivity index (χ0) is 13.1. The van der Waals surface area contributed by atoms with Gasteiger partial charge in [0.05, 0.1) is 5.41 Å². The fourth-order valence-corrected chi connectivity index (χ4v) is 3.48. The van der Waals surface area contributed by atoms with Gasteiger partial charge in [-0.25, -0.2) is 0 Å². The van der Waals surface area contributed by atoms with Crippen LogP contribution >= 0.6 is 0 Å². The summed E-state index contributed by atoms with van der Waals surface area (Å²) in [5, 5.41) is 6.56. The fraction of sp³-hybridized carbons (Fsp3) is 0.562. The van der Waals surface area contributed by atoms with E-state index in [4.69, 9.17) is 0 Å². The Morgan fingerprint density at radius 1 is 1.21 bits per heavy atom. The predicted octanol–water partition coefficient (Wildman–Crippen LogP) is 1.98. The summed E-state index contributed by atoms with van der Waals surface area (Å²) < 4.78 is 0. The van der Waals surface area contributed by atoms with Gasteiger partial charge in [0, 0.05) is 12.6 Å². The fourth-order valence-electron chi connectivity index (χ4n) is 3.48. The van der Waals surface area contributed by atoms with Crippen LogP contribution in [0.2, 0.25) is 0 Å². The molecular formula is C16H22N2O. The smallest absolute Gasteiger partial charge is 0.230 e. The lowest BCUT2D eigenvalue weighted by atomic mass is 9.78. The molecule has 1 unspecified atom stereocenters. The molecule has 102 valence electrons. The van der Waals surface area contributed by atoms with E-state index in [0.29, 0.717) is 6.04 Å². The SMILES string of the molecule is O=C(NC1CCNC1)C1(c2ccccc2)CCCC1. The molecule has 1 saturated heterocycles. The number of benzene rings is 1. The summed E-state index contributed by atoms with van der Waals surface area (Å²) in [5.74, 6) is 0.241. The summed E-state index contributed by atoms with van der Waals surface area (Å²) in [6.45, 7) is 1.93. The van der Waals surface area contributed by atoms with Crippen LogP contribution in [0.3, 0.4) is 0 Å². The molecule has 1 aromatic carbocycles. The van der Waals surface area contributed by atoms with Gasteiger partial charge in [-0.2, -0.15) is 0 Å². The summed E-state index contributed by atoms with van der Waals surface area (Å²) >= 11 is 0. The summed E-state index contributed by atoms with van der Waals surface area (Å²) in [6, 6.07) is 10.6. The molecule has 2 N–H and O–H groups in total. The molecule has 1 aliphatic carbocycles. The first-order chi connectivity index (χ1) is 9.31. The second-order valence-electron chi connectivity index (χ2n) is 5.82. The Bertz CT molecular complexity index is 431. The molecule has 3 rings (SSSR count). The van der Waals surface area contributed by atoms with Crippen LogP contribution in [0.25, 0.3) is 0 Å². The van der Waals surface area contributed by atoms with Crippen molar-refractivity contribution in [3.05, 3.63) is 35.9 Å². The van der Waals surface area contributed by atoms with E-state index >= 15 is 0 Å². The Kier molecular flexibility index (Phi) is 3.56. The number of carbonyl (C=O) groups excluding carboxylic acids is 1. The summed E-state index contributed by atoms with van der Waals surface area (Å²) in [7, 11) is 0. The van der Waals surface area contributed by atoms with Gasteiger partial charge in [-0.15, -0.1) is 0 Å². The molecule has 1 saturated carbocycles. The van der Waals surface area contributed by atoms with Gasteiger partial charge in [0.2, 0.25) is 5.91 Å². The highest BCUT2D eigenvalue weighted by atomic mass is 16.2. The maximum Gasteiger partial charge on any atom is 0.230 e. The maximum atomic E-state index is 12.8. The van der Waals surface area contributed by atoms with E-state index in [0.717, 1.165) is 45.2 Å². The molecule has 0 radical (unpaired) electrons. The molecular weight excluding hydrogens is 236 g/mol. The lowest BCUT2D eigenvalue weighted by Crippen LogP contribution is -2.47. The number of rotatable bonds is 3. The molecule has 0 bridgehead atoms. The molecule has 3 nitrogen and oxygen atoms in total. The Morgan fingerprint density at radius 2 is 1.95 bits per heavy atom. The van der Waals surface area contributed by atoms with Gasteiger partial charge in [0.25, 0.3) is 0 Å². The third kappa shape index (κ3) is 2.39. The summed E-state index contributed by atoms with van der Waals surface area (Å²) in [6.07, 6.45) is 5.35. The number of amides is 1. The van der Waals surface area contributed by atoms with Gasteiger partial charge in [0.15, 0.2) is 0 Å². The van der Waals surface area contributed by atoms with Crippen LogP contribution in [-0.4, -0.2) is 25.0 Å². The molecule has 2 fully saturated rings. The minimum absolute atomic E-state index is 0.241. The molecule has 1 atom stereocenters. The lowest BCUT2D eigenvalue weighted by molar-refractivity contribution is -0.127. The highest BCUT2D eigenvalue weighted by Gasteiger charge is 2.43. The van der Waals surface area contributed by atoms with Gasteiger partial charge >= 0.3 is 0 Å². The number of hydrogen-bond donors (Lipinski definition) is 2. The van der Waals surface area contributed by atoms with Gasteiger partial charge < -0.3 is 10.6 Å². The largest absolute Gasteiger partial charge is 0.351 e. The van der Waals surface area contributed by atoms with Crippen molar-refractivity contribution in [1.82, 2.24) is 10.6 Å². The van der Waals surface area contributed by atoms with Crippen LogP contribution in [0.5, 0.6) is 0 Å². The molecule has 0 spiro atoms. The zero-order valence-electron chi connectivity index (χ0n) is 11.3. The molecule has 3 heteroatoms. The highest BCUT2D eigenvalue weighted by Crippen LogP contribution is 2.41. The predicted molar refractivity (Wildman–Crippen MR) is 76.0 cm³/mol. The minimum atomic E-state index is -0.274. The van der Waals surface area contributed by atoms with Gasteiger partial charge in [-0.1, -0.05) is 43.2 Å². The van der Waals surface area contributed by atoms with Crippen molar-refractivity contribution in [3.63, 3.8) is 0 Å². The first-order valence-corrected chi connectivity index (χ1v) is 7.38. The quantitative estimate of drug-likeness (QED) is 0.870. The minimum Gasteiger partial charge on any atom is -0.351 e. The van der Waals surface area contributed by atoms with Gasteiger partial charge in [-0.05, 0) is 31.4 Å². The van der Waals surface area contributed by atoms with Crippen LogP contribution in [0, 0.1) is 0 Å². The average Bonchev–Trinajstić information content (AvgIpc) is 3.11. The number of nitrogens with one attached hydrogen (secondary N) is 2. The van der Waals surface area contributed by atoms with Crippen LogP contribution in [0.4, 0.5) is 0 Å². The lowest BCUT2D eigenvalue weighted by Gasteiger charge is -2.29. The molecule has 19 heavy (non-hydrogen) atoms. The Balaban J connectivity index is 1.82. The number of hydrogen-bond acceptors (Lipinski definition) is 2. The molecule has 0 aromatic heterocycles. The van der Waals surface area contributed by atoms with Crippen molar-refractivity contribution < 1.29 is 4.79 Å². The van der Waals surface area contributed by atoms with Crippen LogP contribution in [0.15, 0.2) is 30.3 Å². The topological polar surface area (TPSA) is 41.1 Å². The summed E-state index contributed by atoms with van der Waals surface area (Å²) in [4.78, 5) is 12.8. The van der Waals surface area contributed by atoms with E-state index in [1.165, 1.54) is 5.56 Å². The van der Waals surface area contributed by atoms with E-state index in [1.54, 1.807) is 0 Å². The third-order valence-electron chi connectivity index (χ3n) is 4.61. The monoisotopic (exact) mass is 258 g/mol. The van der Waals surface area contributed by atoms with Crippen molar-refractivity contribution in [3.8, 4) is 0 Å². The molecule has 1 amide bonds. The van der Waals surface area contributed by atoms with Crippen molar-refractivity contribution in [1.29, 1.82) is 0 Å². The van der Waals surface area contributed by atoms with Gasteiger partial charge in [0.1, 0.15) is 0 Å². The van der Waals surface area contributed by atoms with Crippen molar-refractivity contribution >= 4 is 5.91 Å². The average molecular weight is 258 g/mol. The zero-order valence-corrected chi connectivity index (χ0v) is 11.3. The molecule has 1 heterocycles. The first-order valence-electron chi connectivity index (χ1n) is 7.38. The highest BCUT2D eigenvalue weighted by molar-refractivity contribution is 5.88. The first kappa shape index (κ1) is 12.7. The van der Waals surface area contributed by atoms with Crippen LogP contribution in [-0.2, 0) is 10.2 Å². The van der Waals surface area contributed by atoms with E-state index in [2.05, 4.69) is 22.8 Å². The molecule has 2 aliphatic rings. The van der Waals surface area contributed by atoms with Crippen molar-refractivity contribution in [2.45, 2.75) is 43.6 Å². The molecule has 1 aromatic rings. The maximum absolute atomic E-state index is 12.8. The second-order valence-corrected chi connectivity index (χ2v) is 5.82. The Morgan fingerprint density at radius 3 is 2.58 bits per heavy atom. The summed E-state index contributed by atoms with van der Waals surface area (Å²) in [5.41, 5.74) is 0.917. The van der Waals surface area contributed by atoms with Crippen molar-refractivity contribution in [2.24, 2.45) is 0 Å². The van der Waals surface area contributed by atoms with Crippen LogP contribution in [0.1, 0.15) is 37.7 Å².